The second-order valence-electron chi connectivity index (χ2n) is 4.45. The highest BCUT2D eigenvalue weighted by molar-refractivity contribution is 6.06. The quantitative estimate of drug-likeness (QED) is 0.671. The first-order valence-electron chi connectivity index (χ1n) is 6.21. The first-order chi connectivity index (χ1) is 9.81. The van der Waals surface area contributed by atoms with E-state index in [1.165, 1.54) is 19.9 Å². The van der Waals surface area contributed by atoms with Gasteiger partial charge < -0.3 is 15.7 Å². The van der Waals surface area contributed by atoms with Crippen LogP contribution in [0.25, 0.3) is 0 Å². The summed E-state index contributed by atoms with van der Waals surface area (Å²) in [5.41, 5.74) is 0.506. The number of para-hydroxylation sites is 1. The molecular weight excluding hydrogens is 276 g/mol. The monoisotopic (exact) mass is 292 g/mol. The minimum absolute atomic E-state index is 0.198. The molecule has 21 heavy (non-hydrogen) atoms. The van der Waals surface area contributed by atoms with Gasteiger partial charge in [-0.25, -0.2) is 4.79 Å². The van der Waals surface area contributed by atoms with Crippen LogP contribution in [0.3, 0.4) is 0 Å². The number of nitrogens with one attached hydrogen (secondary N) is 2. The summed E-state index contributed by atoms with van der Waals surface area (Å²) in [5, 5.41) is 13.7. The van der Waals surface area contributed by atoms with Crippen molar-refractivity contribution in [3.63, 3.8) is 0 Å². The van der Waals surface area contributed by atoms with E-state index in [9.17, 15) is 19.2 Å². The molecule has 0 saturated carbocycles. The summed E-state index contributed by atoms with van der Waals surface area (Å²) < 4.78 is 0. The number of Topliss-reactive ketones (excluding diaryl/α,β-unsaturated/α-hetero) is 1. The van der Waals surface area contributed by atoms with Gasteiger partial charge in [0.25, 0.3) is 0 Å². The summed E-state index contributed by atoms with van der Waals surface area (Å²) in [7, 11) is 0. The third kappa shape index (κ3) is 5.06. The van der Waals surface area contributed by atoms with Crippen LogP contribution >= 0.6 is 0 Å². The van der Waals surface area contributed by atoms with Crippen molar-refractivity contribution in [1.82, 2.24) is 5.32 Å². The molecule has 1 atom stereocenters. The van der Waals surface area contributed by atoms with Gasteiger partial charge >= 0.3 is 5.97 Å². The van der Waals surface area contributed by atoms with E-state index in [1.807, 2.05) is 0 Å². The van der Waals surface area contributed by atoms with E-state index in [4.69, 9.17) is 5.11 Å². The molecule has 0 radical (unpaired) electrons. The van der Waals surface area contributed by atoms with E-state index in [0.717, 1.165) is 0 Å². The molecule has 0 saturated heterocycles. The molecule has 1 aromatic rings. The first-order valence-corrected chi connectivity index (χ1v) is 6.21. The van der Waals surface area contributed by atoms with E-state index in [1.54, 1.807) is 18.2 Å². The fourth-order valence-electron chi connectivity index (χ4n) is 1.77. The number of anilines is 1. The van der Waals surface area contributed by atoms with Crippen LogP contribution in [0.1, 0.15) is 30.6 Å². The zero-order valence-corrected chi connectivity index (χ0v) is 11.7. The van der Waals surface area contributed by atoms with Crippen LogP contribution < -0.4 is 10.6 Å². The molecular formula is C14H16N2O5. The third-order valence-corrected chi connectivity index (χ3v) is 2.60. The number of hydrogen-bond acceptors (Lipinski definition) is 4. The van der Waals surface area contributed by atoms with Gasteiger partial charge in [-0.1, -0.05) is 12.1 Å². The summed E-state index contributed by atoms with van der Waals surface area (Å²) >= 11 is 0. The number of carboxylic acids is 1. The Balaban J connectivity index is 2.94. The number of amides is 2. The van der Waals surface area contributed by atoms with Gasteiger partial charge in [0.15, 0.2) is 5.78 Å². The maximum absolute atomic E-state index is 12.2. The molecule has 0 aliphatic heterocycles. The standard InChI is InChI=1S/C14H16N2O5/c1-8(17)15-11-6-4-3-5-10(11)13(19)7-12(14(20)21)16-9(2)18/h3-6,12H,7H2,1-2H3,(H,15,17)(H,16,18)(H,20,21). The predicted molar refractivity (Wildman–Crippen MR) is 74.9 cm³/mol. The highest BCUT2D eigenvalue weighted by Crippen LogP contribution is 2.17. The molecule has 112 valence electrons. The Labute approximate surface area is 121 Å². The van der Waals surface area contributed by atoms with Crippen molar-refractivity contribution in [3.8, 4) is 0 Å². The Morgan fingerprint density at radius 3 is 2.24 bits per heavy atom. The molecule has 2 amide bonds. The molecule has 0 aromatic heterocycles. The fourth-order valence-corrected chi connectivity index (χ4v) is 1.77. The molecule has 1 unspecified atom stereocenters. The Hall–Kier alpha value is -2.70. The minimum atomic E-state index is -1.31. The van der Waals surface area contributed by atoms with Gasteiger partial charge in [0.05, 0.1) is 5.69 Å². The molecule has 1 rings (SSSR count). The fraction of sp³-hybridized carbons (Fsp3) is 0.286. The molecule has 7 heteroatoms. The Kier molecular flexibility index (Phi) is 5.59. The molecule has 0 aliphatic carbocycles. The van der Waals surface area contributed by atoms with Crippen LogP contribution in [0.4, 0.5) is 5.69 Å². The first kappa shape index (κ1) is 16.4. The lowest BCUT2D eigenvalue weighted by atomic mass is 10.0. The van der Waals surface area contributed by atoms with Crippen molar-refractivity contribution in [2.24, 2.45) is 0 Å². The minimum Gasteiger partial charge on any atom is -0.480 e. The number of aliphatic carboxylic acids is 1. The Morgan fingerprint density at radius 1 is 1.10 bits per heavy atom. The van der Waals surface area contributed by atoms with Crippen LogP contribution in [0.5, 0.6) is 0 Å². The Bertz CT molecular complexity index is 582. The summed E-state index contributed by atoms with van der Waals surface area (Å²) in [5.74, 6) is -2.66. The van der Waals surface area contributed by atoms with Crippen LogP contribution in [-0.4, -0.2) is 34.7 Å². The molecule has 0 bridgehead atoms. The number of carboxylic acid groups (broad SMARTS) is 1. The van der Waals surface area contributed by atoms with Crippen molar-refractivity contribution >= 4 is 29.3 Å². The smallest absolute Gasteiger partial charge is 0.326 e. The molecule has 0 heterocycles. The molecule has 0 spiro atoms. The molecule has 7 nitrogen and oxygen atoms in total. The maximum atomic E-state index is 12.2. The van der Waals surface area contributed by atoms with Crippen LogP contribution in [0.15, 0.2) is 24.3 Å². The average molecular weight is 292 g/mol. The number of ketones is 1. The van der Waals surface area contributed by atoms with Gasteiger partial charge in [-0.15, -0.1) is 0 Å². The lowest BCUT2D eigenvalue weighted by Gasteiger charge is -2.14. The van der Waals surface area contributed by atoms with Crippen molar-refractivity contribution in [3.05, 3.63) is 29.8 Å². The molecule has 0 aliphatic rings. The summed E-state index contributed by atoms with van der Waals surface area (Å²) in [4.78, 5) is 45.2. The third-order valence-electron chi connectivity index (χ3n) is 2.60. The number of benzene rings is 1. The zero-order chi connectivity index (χ0) is 16.0. The average Bonchev–Trinajstić information content (AvgIpc) is 2.37. The van der Waals surface area contributed by atoms with Gasteiger partial charge in [-0.05, 0) is 12.1 Å². The second kappa shape index (κ2) is 7.18. The maximum Gasteiger partial charge on any atom is 0.326 e. The largest absolute Gasteiger partial charge is 0.480 e. The summed E-state index contributed by atoms with van der Waals surface area (Å²) in [6.45, 7) is 2.48. The number of carbonyl (C=O) groups excluding carboxylic acids is 3. The van der Waals surface area contributed by atoms with Crippen molar-refractivity contribution < 1.29 is 24.3 Å². The highest BCUT2D eigenvalue weighted by atomic mass is 16.4. The number of rotatable bonds is 6. The number of carbonyl (C=O) groups is 4. The van der Waals surface area contributed by atoms with Crippen LogP contribution in [0.2, 0.25) is 0 Å². The van der Waals surface area contributed by atoms with Crippen molar-refractivity contribution in [2.75, 3.05) is 5.32 Å². The second-order valence-corrected chi connectivity index (χ2v) is 4.45. The normalized spacial score (nSPS) is 11.3. The number of hydrogen-bond donors (Lipinski definition) is 3. The SMILES string of the molecule is CC(=O)Nc1ccccc1C(=O)CC(NC(C)=O)C(=O)O. The van der Waals surface area contributed by atoms with Crippen molar-refractivity contribution in [2.45, 2.75) is 26.3 Å². The lowest BCUT2D eigenvalue weighted by Crippen LogP contribution is -2.41. The lowest BCUT2D eigenvalue weighted by molar-refractivity contribution is -0.141. The predicted octanol–water partition coefficient (Wildman–Crippen LogP) is 0.807. The molecule has 1 aromatic carbocycles. The van der Waals surface area contributed by atoms with E-state index in [0.29, 0.717) is 5.69 Å². The van der Waals surface area contributed by atoms with Crippen LogP contribution in [-0.2, 0) is 14.4 Å². The van der Waals surface area contributed by atoms with Gasteiger partial charge in [-0.3, -0.25) is 14.4 Å². The topological polar surface area (TPSA) is 113 Å². The van der Waals surface area contributed by atoms with E-state index < -0.39 is 30.1 Å². The summed E-state index contributed by atoms with van der Waals surface area (Å²) in [6.07, 6.45) is -0.397. The van der Waals surface area contributed by atoms with E-state index in [-0.39, 0.29) is 11.5 Å². The van der Waals surface area contributed by atoms with Gasteiger partial charge in [0.2, 0.25) is 11.8 Å². The van der Waals surface area contributed by atoms with Crippen molar-refractivity contribution in [1.29, 1.82) is 0 Å². The van der Waals surface area contributed by atoms with E-state index in [2.05, 4.69) is 10.6 Å². The Morgan fingerprint density at radius 2 is 1.71 bits per heavy atom. The molecule has 3 N–H and O–H groups in total. The van der Waals surface area contributed by atoms with E-state index >= 15 is 0 Å². The summed E-state index contributed by atoms with van der Waals surface area (Å²) in [6, 6.07) is 4.97. The highest BCUT2D eigenvalue weighted by Gasteiger charge is 2.24. The van der Waals surface area contributed by atoms with Gasteiger partial charge in [0.1, 0.15) is 6.04 Å². The van der Waals surface area contributed by atoms with Gasteiger partial charge in [0, 0.05) is 25.8 Å². The zero-order valence-electron chi connectivity index (χ0n) is 11.7. The van der Waals surface area contributed by atoms with Gasteiger partial charge in [-0.2, -0.15) is 0 Å². The molecule has 0 fully saturated rings. The van der Waals surface area contributed by atoms with Crippen LogP contribution in [0, 0.1) is 0 Å².